The fourth-order valence-corrected chi connectivity index (χ4v) is 2.18. The SMILES string of the molecule is C=CS/C(=C\C)CCn1cnn(CC(CN)=C(F)F)c1=O.CC. The third kappa shape index (κ3) is 6.96. The number of nitrogens with zero attached hydrogens (tertiary/aromatic N) is 3. The molecule has 0 unspecified atom stereocenters. The van der Waals surface area contributed by atoms with Gasteiger partial charge in [-0.3, -0.25) is 4.57 Å². The molecule has 1 aromatic heterocycles. The number of aromatic nitrogens is 3. The molecular weight excluding hydrogens is 322 g/mol. The molecule has 2 N–H and O–H groups in total. The molecule has 0 saturated carbocycles. The lowest BCUT2D eigenvalue weighted by atomic mass is 10.3. The van der Waals surface area contributed by atoms with Gasteiger partial charge in [-0.15, -0.1) is 11.8 Å². The molecule has 0 atom stereocenters. The van der Waals surface area contributed by atoms with E-state index in [9.17, 15) is 13.6 Å². The highest BCUT2D eigenvalue weighted by molar-refractivity contribution is 8.05. The summed E-state index contributed by atoms with van der Waals surface area (Å²) in [5.41, 5.74) is 4.50. The fourth-order valence-electron chi connectivity index (χ4n) is 1.62. The number of aryl methyl sites for hydroxylation is 1. The van der Waals surface area contributed by atoms with E-state index in [2.05, 4.69) is 11.7 Å². The molecular formula is C15H24F2N4OS. The van der Waals surface area contributed by atoms with Gasteiger partial charge in [-0.2, -0.15) is 13.9 Å². The smallest absolute Gasteiger partial charge is 0.327 e. The van der Waals surface area contributed by atoms with Crippen LogP contribution in [0, 0.1) is 0 Å². The Morgan fingerprint density at radius 1 is 1.48 bits per heavy atom. The first-order chi connectivity index (χ1) is 11.0. The van der Waals surface area contributed by atoms with E-state index in [1.807, 2.05) is 26.8 Å². The van der Waals surface area contributed by atoms with Crippen LogP contribution < -0.4 is 11.4 Å². The maximum atomic E-state index is 12.5. The van der Waals surface area contributed by atoms with Crippen molar-refractivity contribution in [2.75, 3.05) is 6.54 Å². The summed E-state index contributed by atoms with van der Waals surface area (Å²) in [6, 6.07) is 0. The molecule has 130 valence electrons. The average molecular weight is 346 g/mol. The van der Waals surface area contributed by atoms with Crippen molar-refractivity contribution in [2.24, 2.45) is 5.73 Å². The van der Waals surface area contributed by atoms with Crippen molar-refractivity contribution in [1.29, 1.82) is 0 Å². The highest BCUT2D eigenvalue weighted by Crippen LogP contribution is 2.19. The van der Waals surface area contributed by atoms with Gasteiger partial charge in [0.15, 0.2) is 0 Å². The van der Waals surface area contributed by atoms with Gasteiger partial charge in [-0.1, -0.05) is 26.5 Å². The van der Waals surface area contributed by atoms with Crippen molar-refractivity contribution in [2.45, 2.75) is 40.3 Å². The molecule has 1 rings (SSSR count). The highest BCUT2D eigenvalue weighted by Gasteiger charge is 2.10. The molecule has 0 bridgehead atoms. The van der Waals surface area contributed by atoms with E-state index < -0.39 is 11.8 Å². The summed E-state index contributed by atoms with van der Waals surface area (Å²) in [6.45, 7) is 9.37. The lowest BCUT2D eigenvalue weighted by Crippen LogP contribution is -2.27. The van der Waals surface area contributed by atoms with Gasteiger partial charge in [0.1, 0.15) is 6.33 Å². The van der Waals surface area contributed by atoms with E-state index in [-0.39, 0.29) is 18.7 Å². The second kappa shape index (κ2) is 11.8. The van der Waals surface area contributed by atoms with Crippen molar-refractivity contribution in [1.82, 2.24) is 14.3 Å². The Balaban J connectivity index is 0.00000232. The highest BCUT2D eigenvalue weighted by atomic mass is 32.2. The fraction of sp³-hybridized carbons (Fsp3) is 0.467. The quantitative estimate of drug-likeness (QED) is 0.784. The first-order valence-corrected chi connectivity index (χ1v) is 8.19. The Bertz CT molecular complexity index is 601. The van der Waals surface area contributed by atoms with Gasteiger partial charge < -0.3 is 5.73 Å². The number of nitrogens with two attached hydrogens (primary N) is 1. The summed E-state index contributed by atoms with van der Waals surface area (Å²) >= 11 is 1.49. The van der Waals surface area contributed by atoms with Crippen molar-refractivity contribution in [3.8, 4) is 0 Å². The number of rotatable bonds is 8. The Morgan fingerprint density at radius 3 is 2.61 bits per heavy atom. The molecule has 0 aliphatic rings. The number of thioether (sulfide) groups is 1. The van der Waals surface area contributed by atoms with Crippen LogP contribution in [0.3, 0.4) is 0 Å². The van der Waals surface area contributed by atoms with E-state index in [0.29, 0.717) is 13.0 Å². The summed E-state index contributed by atoms with van der Waals surface area (Å²) in [6.07, 6.45) is 2.07. The van der Waals surface area contributed by atoms with Gasteiger partial charge in [0.25, 0.3) is 6.08 Å². The molecule has 0 radical (unpaired) electrons. The predicted molar refractivity (Wildman–Crippen MR) is 92.3 cm³/mol. The average Bonchev–Trinajstić information content (AvgIpc) is 2.90. The van der Waals surface area contributed by atoms with Gasteiger partial charge in [0.2, 0.25) is 0 Å². The second-order valence-electron chi connectivity index (χ2n) is 4.12. The maximum Gasteiger partial charge on any atom is 0.346 e. The first-order valence-electron chi connectivity index (χ1n) is 7.31. The van der Waals surface area contributed by atoms with Crippen LogP contribution in [0.15, 0.2) is 45.7 Å². The van der Waals surface area contributed by atoms with Gasteiger partial charge >= 0.3 is 5.69 Å². The molecule has 0 saturated heterocycles. The third-order valence-electron chi connectivity index (χ3n) is 2.81. The largest absolute Gasteiger partial charge is 0.346 e. The van der Waals surface area contributed by atoms with Crippen molar-refractivity contribution < 1.29 is 8.78 Å². The standard InChI is InChI=1S/C13H18F2N4OS.C2H6/c1-3-11(21-4-2)5-6-18-9-17-19(13(18)20)8-10(7-16)12(14)15;1-2/h3-4,9H,2,5-8,16H2,1H3;1-2H3/b11-3-;. The van der Waals surface area contributed by atoms with Crippen LogP contribution in [-0.4, -0.2) is 20.9 Å². The Hall–Kier alpha value is -1.67. The van der Waals surface area contributed by atoms with E-state index in [0.717, 1.165) is 9.59 Å². The summed E-state index contributed by atoms with van der Waals surface area (Å²) < 4.78 is 27.4. The minimum Gasteiger partial charge on any atom is -0.327 e. The van der Waals surface area contributed by atoms with Crippen LogP contribution in [0.1, 0.15) is 27.2 Å². The van der Waals surface area contributed by atoms with E-state index in [1.165, 1.54) is 22.7 Å². The molecule has 0 aliphatic heterocycles. The molecule has 0 fully saturated rings. The molecule has 1 aromatic rings. The lowest BCUT2D eigenvalue weighted by molar-refractivity contribution is 0.400. The van der Waals surface area contributed by atoms with Crippen LogP contribution in [-0.2, 0) is 13.1 Å². The number of halogens is 2. The topological polar surface area (TPSA) is 65.8 Å². The zero-order valence-corrected chi connectivity index (χ0v) is 14.6. The number of hydrogen-bond donors (Lipinski definition) is 1. The Kier molecular flexibility index (Phi) is 11.0. The van der Waals surface area contributed by atoms with Crippen molar-refractivity contribution in [3.05, 3.63) is 51.4 Å². The molecule has 8 heteroatoms. The van der Waals surface area contributed by atoms with Crippen LogP contribution >= 0.6 is 11.8 Å². The Labute approximate surface area is 139 Å². The molecule has 23 heavy (non-hydrogen) atoms. The number of hydrogen-bond acceptors (Lipinski definition) is 4. The normalized spacial score (nSPS) is 10.8. The Morgan fingerprint density at radius 2 is 2.13 bits per heavy atom. The summed E-state index contributed by atoms with van der Waals surface area (Å²) in [4.78, 5) is 13.1. The monoisotopic (exact) mass is 346 g/mol. The lowest BCUT2D eigenvalue weighted by Gasteiger charge is -2.04. The van der Waals surface area contributed by atoms with Gasteiger partial charge in [-0.05, 0) is 23.7 Å². The zero-order chi connectivity index (χ0) is 17.8. The van der Waals surface area contributed by atoms with Crippen LogP contribution in [0.5, 0.6) is 0 Å². The molecule has 5 nitrogen and oxygen atoms in total. The molecule has 1 heterocycles. The van der Waals surface area contributed by atoms with Crippen LogP contribution in [0.25, 0.3) is 0 Å². The minimum atomic E-state index is -1.86. The zero-order valence-electron chi connectivity index (χ0n) is 13.8. The molecule has 0 spiro atoms. The van der Waals surface area contributed by atoms with Crippen LogP contribution in [0.2, 0.25) is 0 Å². The molecule has 0 aromatic carbocycles. The van der Waals surface area contributed by atoms with E-state index in [4.69, 9.17) is 5.73 Å². The van der Waals surface area contributed by atoms with E-state index >= 15 is 0 Å². The maximum absolute atomic E-state index is 12.5. The summed E-state index contributed by atoms with van der Waals surface area (Å²) in [5.74, 6) is 0. The van der Waals surface area contributed by atoms with Crippen LogP contribution in [0.4, 0.5) is 8.78 Å². The molecule has 0 amide bonds. The second-order valence-corrected chi connectivity index (χ2v) is 5.22. The van der Waals surface area contributed by atoms with Gasteiger partial charge in [-0.25, -0.2) is 9.48 Å². The third-order valence-corrected chi connectivity index (χ3v) is 3.72. The minimum absolute atomic E-state index is 0.289. The predicted octanol–water partition coefficient (Wildman–Crippen LogP) is 3.35. The summed E-state index contributed by atoms with van der Waals surface area (Å²) in [5, 5.41) is 5.55. The first kappa shape index (κ1) is 21.3. The van der Waals surface area contributed by atoms with Gasteiger partial charge in [0.05, 0.1) is 6.54 Å². The van der Waals surface area contributed by atoms with Crippen molar-refractivity contribution in [3.63, 3.8) is 0 Å². The van der Waals surface area contributed by atoms with Gasteiger partial charge in [0, 0.05) is 18.7 Å². The van der Waals surface area contributed by atoms with E-state index in [1.54, 1.807) is 5.41 Å². The van der Waals surface area contributed by atoms with Crippen molar-refractivity contribution >= 4 is 11.8 Å². The molecule has 0 aliphatic carbocycles. The number of allylic oxidation sites excluding steroid dienone is 2. The summed E-state index contributed by atoms with van der Waals surface area (Å²) in [7, 11) is 0.